The maximum Gasteiger partial charge on any atom is 0.221 e. The normalized spacial score (nSPS) is 24.9. The minimum absolute atomic E-state index is 0.0316. The Hall–Kier alpha value is -1.32. The standard InChI is InChI=1S/C17H28N2O3S/c1-6-7-18-17(20)10-14-9-16(12(2)3)15(8-13(14)4)11-19-23(5,21)22/h1,8,12,14-16,19H,7,9-11H2,2-5H3,(H,18,20). The first-order valence-corrected chi connectivity index (χ1v) is 9.86. The van der Waals surface area contributed by atoms with E-state index in [9.17, 15) is 13.2 Å². The van der Waals surface area contributed by atoms with Crippen molar-refractivity contribution in [2.24, 2.45) is 23.7 Å². The van der Waals surface area contributed by atoms with Gasteiger partial charge in [0.1, 0.15) is 0 Å². The zero-order valence-corrected chi connectivity index (χ0v) is 15.2. The Kier molecular flexibility index (Phi) is 7.30. The fraction of sp³-hybridized carbons (Fsp3) is 0.706. The van der Waals surface area contributed by atoms with Crippen molar-refractivity contribution in [2.45, 2.75) is 33.6 Å². The van der Waals surface area contributed by atoms with E-state index in [1.54, 1.807) is 0 Å². The van der Waals surface area contributed by atoms with Crippen LogP contribution in [0.25, 0.3) is 0 Å². The first kappa shape index (κ1) is 19.7. The van der Waals surface area contributed by atoms with Crippen molar-refractivity contribution in [2.75, 3.05) is 19.3 Å². The molecule has 23 heavy (non-hydrogen) atoms. The molecule has 0 radical (unpaired) electrons. The summed E-state index contributed by atoms with van der Waals surface area (Å²) in [7, 11) is -3.20. The van der Waals surface area contributed by atoms with Gasteiger partial charge in [0.05, 0.1) is 12.8 Å². The molecule has 0 heterocycles. The van der Waals surface area contributed by atoms with Gasteiger partial charge in [-0.2, -0.15) is 0 Å². The van der Waals surface area contributed by atoms with Crippen molar-refractivity contribution >= 4 is 15.9 Å². The van der Waals surface area contributed by atoms with Gasteiger partial charge in [0, 0.05) is 13.0 Å². The Morgan fingerprint density at radius 3 is 2.65 bits per heavy atom. The van der Waals surface area contributed by atoms with Crippen molar-refractivity contribution < 1.29 is 13.2 Å². The number of carbonyl (C=O) groups excluding carboxylic acids is 1. The summed E-state index contributed by atoms with van der Waals surface area (Å²) in [6.07, 6.45) is 9.78. The Morgan fingerprint density at radius 1 is 1.48 bits per heavy atom. The van der Waals surface area contributed by atoms with Gasteiger partial charge in [-0.1, -0.05) is 31.4 Å². The van der Waals surface area contributed by atoms with Gasteiger partial charge in [0.15, 0.2) is 0 Å². The summed E-state index contributed by atoms with van der Waals surface area (Å²) in [5.41, 5.74) is 1.15. The lowest BCUT2D eigenvalue weighted by molar-refractivity contribution is -0.121. The zero-order chi connectivity index (χ0) is 17.6. The molecule has 0 bridgehead atoms. The van der Waals surface area contributed by atoms with E-state index < -0.39 is 10.0 Å². The van der Waals surface area contributed by atoms with Gasteiger partial charge in [-0.15, -0.1) is 6.42 Å². The van der Waals surface area contributed by atoms with Crippen LogP contribution in [-0.4, -0.2) is 33.7 Å². The van der Waals surface area contributed by atoms with E-state index in [0.29, 0.717) is 24.8 Å². The average Bonchev–Trinajstić information content (AvgIpc) is 2.44. The highest BCUT2D eigenvalue weighted by molar-refractivity contribution is 7.88. The lowest BCUT2D eigenvalue weighted by Gasteiger charge is -2.37. The molecule has 6 heteroatoms. The second-order valence-electron chi connectivity index (χ2n) is 6.72. The van der Waals surface area contributed by atoms with Gasteiger partial charge in [-0.05, 0) is 37.0 Å². The highest BCUT2D eigenvalue weighted by atomic mass is 32.2. The van der Waals surface area contributed by atoms with E-state index in [1.165, 1.54) is 6.26 Å². The molecule has 0 saturated heterocycles. The first-order valence-electron chi connectivity index (χ1n) is 7.97. The van der Waals surface area contributed by atoms with Gasteiger partial charge >= 0.3 is 0 Å². The van der Waals surface area contributed by atoms with Crippen LogP contribution in [0.3, 0.4) is 0 Å². The minimum Gasteiger partial charge on any atom is -0.345 e. The fourth-order valence-electron chi connectivity index (χ4n) is 3.20. The van der Waals surface area contributed by atoms with Crippen LogP contribution in [-0.2, 0) is 14.8 Å². The molecular formula is C17H28N2O3S. The van der Waals surface area contributed by atoms with Gasteiger partial charge < -0.3 is 5.32 Å². The topological polar surface area (TPSA) is 75.3 Å². The Morgan fingerprint density at radius 2 is 2.13 bits per heavy atom. The molecule has 0 fully saturated rings. The summed E-state index contributed by atoms with van der Waals surface area (Å²) in [5, 5.41) is 2.71. The number of sulfonamides is 1. The van der Waals surface area contributed by atoms with Gasteiger partial charge in [-0.3, -0.25) is 4.79 Å². The van der Waals surface area contributed by atoms with Crippen molar-refractivity contribution in [3.63, 3.8) is 0 Å². The number of amides is 1. The number of hydrogen-bond acceptors (Lipinski definition) is 3. The van der Waals surface area contributed by atoms with E-state index in [1.807, 2.05) is 6.92 Å². The third-order valence-corrected chi connectivity index (χ3v) is 5.18. The molecule has 0 saturated carbocycles. The predicted octanol–water partition coefficient (Wildman–Crippen LogP) is 1.53. The Balaban J connectivity index is 2.80. The van der Waals surface area contributed by atoms with Crippen molar-refractivity contribution in [1.29, 1.82) is 0 Å². The molecular weight excluding hydrogens is 312 g/mol. The molecule has 2 N–H and O–H groups in total. The highest BCUT2D eigenvalue weighted by Crippen LogP contribution is 2.38. The van der Waals surface area contributed by atoms with E-state index in [4.69, 9.17) is 6.42 Å². The Bertz CT molecular complexity index is 587. The van der Waals surface area contributed by atoms with Crippen LogP contribution in [0.2, 0.25) is 0 Å². The molecule has 3 unspecified atom stereocenters. The van der Waals surface area contributed by atoms with Crippen LogP contribution in [0.4, 0.5) is 0 Å². The minimum atomic E-state index is -3.20. The lowest BCUT2D eigenvalue weighted by Crippen LogP contribution is -2.37. The quantitative estimate of drug-likeness (QED) is 0.545. The lowest BCUT2D eigenvalue weighted by atomic mass is 9.70. The zero-order valence-electron chi connectivity index (χ0n) is 14.4. The summed E-state index contributed by atoms with van der Waals surface area (Å²) >= 11 is 0. The van der Waals surface area contributed by atoms with Gasteiger partial charge in [0.25, 0.3) is 0 Å². The molecule has 3 atom stereocenters. The highest BCUT2D eigenvalue weighted by Gasteiger charge is 2.32. The van der Waals surface area contributed by atoms with E-state index in [2.05, 4.69) is 35.9 Å². The summed E-state index contributed by atoms with van der Waals surface area (Å²) in [6, 6.07) is 0. The number of hydrogen-bond donors (Lipinski definition) is 2. The molecule has 130 valence electrons. The summed E-state index contributed by atoms with van der Waals surface area (Å²) in [5.74, 6) is 3.48. The number of nitrogens with one attached hydrogen (secondary N) is 2. The summed E-state index contributed by atoms with van der Waals surface area (Å²) in [4.78, 5) is 11.9. The smallest absolute Gasteiger partial charge is 0.221 e. The second kappa shape index (κ2) is 8.51. The molecule has 0 aromatic carbocycles. The van der Waals surface area contributed by atoms with Crippen LogP contribution in [0.1, 0.15) is 33.6 Å². The predicted molar refractivity (Wildman–Crippen MR) is 93.0 cm³/mol. The van der Waals surface area contributed by atoms with Gasteiger partial charge in [0.2, 0.25) is 15.9 Å². The maximum absolute atomic E-state index is 11.9. The fourth-order valence-corrected chi connectivity index (χ4v) is 3.70. The molecule has 0 spiro atoms. The number of carbonyl (C=O) groups is 1. The molecule has 0 aliphatic heterocycles. The van der Waals surface area contributed by atoms with E-state index in [0.717, 1.165) is 12.0 Å². The molecule has 1 aliphatic carbocycles. The van der Waals surface area contributed by atoms with Crippen molar-refractivity contribution in [3.8, 4) is 12.3 Å². The van der Waals surface area contributed by atoms with Gasteiger partial charge in [-0.25, -0.2) is 13.1 Å². The van der Waals surface area contributed by atoms with Crippen molar-refractivity contribution in [1.82, 2.24) is 10.0 Å². The molecule has 1 amide bonds. The number of terminal acetylenes is 1. The number of allylic oxidation sites excluding steroid dienone is 1. The molecule has 0 aromatic heterocycles. The third-order valence-electron chi connectivity index (χ3n) is 4.48. The van der Waals surface area contributed by atoms with Crippen LogP contribution >= 0.6 is 0 Å². The Labute approximate surface area is 140 Å². The van der Waals surface area contributed by atoms with Crippen molar-refractivity contribution in [3.05, 3.63) is 11.6 Å². The van der Waals surface area contributed by atoms with Crippen LogP contribution in [0, 0.1) is 36.0 Å². The maximum atomic E-state index is 11.9. The van der Waals surface area contributed by atoms with Crippen LogP contribution < -0.4 is 10.0 Å². The average molecular weight is 340 g/mol. The first-order chi connectivity index (χ1) is 10.6. The molecule has 5 nitrogen and oxygen atoms in total. The second-order valence-corrected chi connectivity index (χ2v) is 8.55. The molecule has 0 aromatic rings. The van der Waals surface area contributed by atoms with E-state index in [-0.39, 0.29) is 24.3 Å². The third kappa shape index (κ3) is 6.76. The molecule has 1 aliphatic rings. The van der Waals surface area contributed by atoms with E-state index >= 15 is 0 Å². The summed E-state index contributed by atoms with van der Waals surface area (Å²) in [6.45, 7) is 6.96. The largest absolute Gasteiger partial charge is 0.345 e. The monoisotopic (exact) mass is 340 g/mol. The SMILES string of the molecule is C#CCNC(=O)CC1CC(C(C)C)C(CNS(C)(=O)=O)C=C1C. The number of rotatable bonds is 7. The van der Waals surface area contributed by atoms with Crippen LogP contribution in [0.5, 0.6) is 0 Å². The molecule has 1 rings (SSSR count). The summed E-state index contributed by atoms with van der Waals surface area (Å²) < 4.78 is 25.3. The van der Waals surface area contributed by atoms with Crippen LogP contribution in [0.15, 0.2) is 11.6 Å².